The van der Waals surface area contributed by atoms with Gasteiger partial charge in [-0.3, -0.25) is 14.4 Å². The second kappa shape index (κ2) is 11.1. The molecule has 0 saturated carbocycles. The first-order chi connectivity index (χ1) is 15.9. The van der Waals surface area contributed by atoms with Crippen LogP contribution in [0.5, 0.6) is 0 Å². The molecule has 3 aliphatic heterocycles. The molecule has 3 heterocycles. The molecular formula is C25H39N3O4S. The molecule has 3 rings (SSSR count). The lowest BCUT2D eigenvalue weighted by Gasteiger charge is -2.37. The van der Waals surface area contributed by atoms with Crippen molar-refractivity contribution >= 4 is 29.5 Å². The average molecular weight is 478 g/mol. The molecule has 3 amide bonds. The van der Waals surface area contributed by atoms with E-state index in [0.717, 1.165) is 32.1 Å². The zero-order valence-electron chi connectivity index (χ0n) is 20.1. The van der Waals surface area contributed by atoms with Crippen LogP contribution in [0, 0.1) is 11.8 Å². The maximum atomic E-state index is 14.0. The third-order valence-corrected chi connectivity index (χ3v) is 9.30. The zero-order chi connectivity index (χ0) is 24.2. The Hall–Kier alpha value is -1.80. The highest BCUT2D eigenvalue weighted by Gasteiger charge is 2.73. The number of rotatable bonds is 13. The summed E-state index contributed by atoms with van der Waals surface area (Å²) in [4.78, 5) is 46.3. The quantitative estimate of drug-likeness (QED) is 0.325. The molecule has 0 aromatic heterocycles. The van der Waals surface area contributed by atoms with Crippen LogP contribution in [0.15, 0.2) is 25.3 Å². The smallest absolute Gasteiger partial charge is 0.247 e. The number of likely N-dealkylation sites (tertiary alicyclic amines) is 1. The largest absolute Gasteiger partial charge is 0.396 e. The van der Waals surface area contributed by atoms with Gasteiger partial charge in [0.05, 0.1) is 16.6 Å². The highest BCUT2D eigenvalue weighted by Crippen LogP contribution is 2.66. The normalized spacial score (nSPS) is 29.8. The van der Waals surface area contributed by atoms with Gasteiger partial charge in [0.25, 0.3) is 0 Å². The van der Waals surface area contributed by atoms with Gasteiger partial charge >= 0.3 is 0 Å². The highest BCUT2D eigenvalue weighted by atomic mass is 32.2. The molecule has 184 valence electrons. The van der Waals surface area contributed by atoms with E-state index in [1.165, 1.54) is 0 Å². The maximum absolute atomic E-state index is 14.0. The minimum absolute atomic E-state index is 0.0339. The Morgan fingerprint density at radius 2 is 1.94 bits per heavy atom. The van der Waals surface area contributed by atoms with Crippen LogP contribution in [0.1, 0.15) is 45.4 Å². The number of thioether (sulfide) groups is 1. The molecule has 1 spiro atoms. The number of likely N-dealkylation sites (N-methyl/N-ethyl adjacent to an activating group) is 1. The van der Waals surface area contributed by atoms with E-state index >= 15 is 0 Å². The molecule has 5 atom stereocenters. The van der Waals surface area contributed by atoms with Crippen molar-refractivity contribution in [3.63, 3.8) is 0 Å². The summed E-state index contributed by atoms with van der Waals surface area (Å²) in [7, 11) is 1.75. The molecule has 0 aromatic carbocycles. The van der Waals surface area contributed by atoms with Crippen LogP contribution in [0.4, 0.5) is 0 Å². The predicted molar refractivity (Wildman–Crippen MR) is 132 cm³/mol. The number of amides is 3. The molecule has 2 bridgehead atoms. The minimum atomic E-state index is -0.597. The topological polar surface area (TPSA) is 81.2 Å². The van der Waals surface area contributed by atoms with E-state index in [4.69, 9.17) is 0 Å². The first-order valence-corrected chi connectivity index (χ1v) is 13.1. The van der Waals surface area contributed by atoms with Gasteiger partial charge in [0.15, 0.2) is 0 Å². The van der Waals surface area contributed by atoms with Crippen LogP contribution in [-0.2, 0) is 14.4 Å². The van der Waals surface area contributed by atoms with Crippen molar-refractivity contribution in [1.29, 1.82) is 0 Å². The minimum Gasteiger partial charge on any atom is -0.396 e. The lowest BCUT2D eigenvalue weighted by molar-refractivity contribution is -0.144. The zero-order valence-corrected chi connectivity index (χ0v) is 20.9. The standard InChI is InChI=1S/C25H39N3O4S/c1-5-8-9-15-27(14-7-3)24(32)21-25-12-11-18(33-25)19(22(30)26(4)13-6-2)20(25)23(31)28(21)16-10-17-29/h6-7,18-21,29H,2-3,5,8-17H2,1,4H3/t18-,19+,20+,21?,25?/m1/s1. The van der Waals surface area contributed by atoms with Crippen molar-refractivity contribution in [2.75, 3.05) is 39.8 Å². The molecular weight excluding hydrogens is 438 g/mol. The van der Waals surface area contributed by atoms with Gasteiger partial charge in [0.2, 0.25) is 17.7 Å². The van der Waals surface area contributed by atoms with Crippen LogP contribution >= 0.6 is 11.8 Å². The van der Waals surface area contributed by atoms with E-state index < -0.39 is 22.6 Å². The summed E-state index contributed by atoms with van der Waals surface area (Å²) >= 11 is 1.69. The van der Waals surface area contributed by atoms with E-state index in [-0.39, 0.29) is 29.6 Å². The average Bonchev–Trinajstić information content (AvgIpc) is 3.44. The first kappa shape index (κ1) is 25.8. The number of aliphatic hydroxyl groups excluding tert-OH is 1. The Balaban J connectivity index is 1.96. The van der Waals surface area contributed by atoms with E-state index in [0.29, 0.717) is 32.6 Å². The third kappa shape index (κ3) is 4.61. The molecule has 1 N–H and O–H groups in total. The third-order valence-electron chi connectivity index (χ3n) is 7.35. The Morgan fingerprint density at radius 1 is 1.21 bits per heavy atom. The van der Waals surface area contributed by atoms with Crippen LogP contribution in [0.25, 0.3) is 0 Å². The van der Waals surface area contributed by atoms with Gasteiger partial charge in [-0.1, -0.05) is 31.9 Å². The van der Waals surface area contributed by atoms with Gasteiger partial charge in [-0.2, -0.15) is 0 Å². The van der Waals surface area contributed by atoms with Gasteiger partial charge in [-0.15, -0.1) is 24.9 Å². The summed E-state index contributed by atoms with van der Waals surface area (Å²) in [5, 5.41) is 9.51. The Morgan fingerprint density at radius 3 is 2.58 bits per heavy atom. The number of unbranched alkanes of at least 4 members (excludes halogenated alkanes) is 2. The van der Waals surface area contributed by atoms with Crippen molar-refractivity contribution < 1.29 is 19.5 Å². The fraction of sp³-hybridized carbons (Fsp3) is 0.720. The molecule has 3 fully saturated rings. The van der Waals surface area contributed by atoms with Crippen LogP contribution < -0.4 is 0 Å². The number of aliphatic hydroxyl groups is 1. The fourth-order valence-corrected chi connectivity index (χ4v) is 8.11. The number of carbonyl (C=O) groups is 3. The molecule has 0 radical (unpaired) electrons. The number of nitrogens with zero attached hydrogens (tertiary/aromatic N) is 3. The summed E-state index contributed by atoms with van der Waals surface area (Å²) < 4.78 is -0.576. The molecule has 3 aliphatic rings. The molecule has 3 saturated heterocycles. The summed E-state index contributed by atoms with van der Waals surface area (Å²) in [6.07, 6.45) is 8.45. The van der Waals surface area contributed by atoms with Crippen molar-refractivity contribution in [1.82, 2.24) is 14.7 Å². The Kier molecular flexibility index (Phi) is 8.67. The van der Waals surface area contributed by atoms with Crippen molar-refractivity contribution in [2.24, 2.45) is 11.8 Å². The molecule has 7 nitrogen and oxygen atoms in total. The first-order valence-electron chi connectivity index (χ1n) is 12.2. The number of fused-ring (bicyclic) bond motifs is 1. The van der Waals surface area contributed by atoms with Crippen molar-refractivity contribution in [3.05, 3.63) is 25.3 Å². The summed E-state index contributed by atoms with van der Waals surface area (Å²) in [5.41, 5.74) is 0. The van der Waals surface area contributed by atoms with Crippen LogP contribution in [-0.4, -0.2) is 93.4 Å². The van der Waals surface area contributed by atoms with E-state index in [2.05, 4.69) is 20.1 Å². The van der Waals surface area contributed by atoms with Gasteiger partial charge in [0.1, 0.15) is 6.04 Å². The molecule has 8 heteroatoms. The fourth-order valence-electron chi connectivity index (χ4n) is 5.91. The number of hydrogen-bond donors (Lipinski definition) is 1. The maximum Gasteiger partial charge on any atom is 0.247 e. The second-order valence-corrected chi connectivity index (χ2v) is 11.1. The monoisotopic (exact) mass is 477 g/mol. The highest BCUT2D eigenvalue weighted by molar-refractivity contribution is 8.02. The molecule has 0 aliphatic carbocycles. The van der Waals surface area contributed by atoms with Gasteiger partial charge in [0, 0.05) is 45.1 Å². The molecule has 0 aromatic rings. The summed E-state index contributed by atoms with van der Waals surface area (Å²) in [6.45, 7) is 11.5. The summed E-state index contributed by atoms with van der Waals surface area (Å²) in [6, 6.07) is -0.597. The van der Waals surface area contributed by atoms with Crippen LogP contribution in [0.3, 0.4) is 0 Å². The molecule has 2 unspecified atom stereocenters. The van der Waals surface area contributed by atoms with Crippen LogP contribution in [0.2, 0.25) is 0 Å². The summed E-state index contributed by atoms with van der Waals surface area (Å²) in [5.74, 6) is -1.08. The van der Waals surface area contributed by atoms with Crippen molar-refractivity contribution in [3.8, 4) is 0 Å². The van der Waals surface area contributed by atoms with Gasteiger partial charge < -0.3 is 19.8 Å². The van der Waals surface area contributed by atoms with Crippen molar-refractivity contribution in [2.45, 2.75) is 61.5 Å². The Bertz CT molecular complexity index is 775. The van der Waals surface area contributed by atoms with Gasteiger partial charge in [-0.25, -0.2) is 0 Å². The van der Waals surface area contributed by atoms with Gasteiger partial charge in [-0.05, 0) is 25.7 Å². The lowest BCUT2D eigenvalue weighted by Crippen LogP contribution is -2.55. The van der Waals surface area contributed by atoms with E-state index in [1.807, 2.05) is 4.90 Å². The predicted octanol–water partition coefficient (Wildman–Crippen LogP) is 2.31. The molecule has 33 heavy (non-hydrogen) atoms. The van der Waals surface area contributed by atoms with E-state index in [9.17, 15) is 19.5 Å². The Labute approximate surface area is 202 Å². The number of carbonyl (C=O) groups excluding carboxylic acids is 3. The second-order valence-electron chi connectivity index (χ2n) is 9.45. The SMILES string of the molecule is C=CCN(C)C(=O)[C@@H]1[C@H]2C(=O)N(CCCO)C(C(=O)N(CC=C)CCCCC)C23CC[C@H]1S3. The van der Waals surface area contributed by atoms with E-state index in [1.54, 1.807) is 40.8 Å². The number of hydrogen-bond acceptors (Lipinski definition) is 5. The lowest BCUT2D eigenvalue weighted by atomic mass is 9.70.